The highest BCUT2D eigenvalue weighted by atomic mass is 32.2. The van der Waals surface area contributed by atoms with Crippen molar-refractivity contribution in [1.29, 1.82) is 0 Å². The van der Waals surface area contributed by atoms with E-state index in [1.54, 1.807) is 12.1 Å². The Hall–Kier alpha value is -2.67. The fourth-order valence-corrected chi connectivity index (χ4v) is 3.11. The Balaban J connectivity index is 2.02. The third-order valence-electron chi connectivity index (χ3n) is 3.33. The molecule has 122 valence electrons. The number of hydrogen-bond acceptors (Lipinski definition) is 4. The number of thioether (sulfide) groups is 1. The second-order valence-corrected chi connectivity index (χ2v) is 6.11. The van der Waals surface area contributed by atoms with Crippen molar-refractivity contribution >= 4 is 17.7 Å². The first kappa shape index (κ1) is 16.2. The van der Waals surface area contributed by atoms with Crippen LogP contribution in [-0.2, 0) is 4.79 Å². The summed E-state index contributed by atoms with van der Waals surface area (Å²) in [7, 11) is 0. The first-order valence-electron chi connectivity index (χ1n) is 7.33. The molecule has 24 heavy (non-hydrogen) atoms. The molecule has 0 atom stereocenters. The molecule has 2 aromatic carbocycles. The van der Waals surface area contributed by atoms with Gasteiger partial charge in [-0.1, -0.05) is 42.1 Å². The van der Waals surface area contributed by atoms with Crippen molar-refractivity contribution in [2.75, 3.05) is 5.75 Å². The molecule has 5 nitrogen and oxygen atoms in total. The summed E-state index contributed by atoms with van der Waals surface area (Å²) in [5, 5.41) is 9.11. The molecule has 0 fully saturated rings. The van der Waals surface area contributed by atoms with Crippen LogP contribution in [0.15, 0.2) is 59.8 Å². The lowest BCUT2D eigenvalue weighted by Crippen LogP contribution is -2.11. The van der Waals surface area contributed by atoms with E-state index >= 15 is 0 Å². The van der Waals surface area contributed by atoms with Gasteiger partial charge in [0.1, 0.15) is 5.82 Å². The molecule has 0 saturated carbocycles. The van der Waals surface area contributed by atoms with Crippen LogP contribution in [-0.4, -0.2) is 26.4 Å². The number of amides is 1. The average molecular weight is 342 g/mol. The van der Waals surface area contributed by atoms with Gasteiger partial charge in [0.15, 0.2) is 11.0 Å². The summed E-state index contributed by atoms with van der Waals surface area (Å²) in [6, 6.07) is 15.7. The minimum Gasteiger partial charge on any atom is -0.370 e. The van der Waals surface area contributed by atoms with Crippen LogP contribution in [0.3, 0.4) is 0 Å². The maximum Gasteiger partial charge on any atom is 0.218 e. The Labute approximate surface area is 142 Å². The zero-order chi connectivity index (χ0) is 16.9. The third-order valence-corrected chi connectivity index (χ3v) is 4.26. The topological polar surface area (TPSA) is 73.8 Å². The summed E-state index contributed by atoms with van der Waals surface area (Å²) in [4.78, 5) is 10.9. The van der Waals surface area contributed by atoms with Gasteiger partial charge in [-0.3, -0.25) is 9.36 Å². The highest BCUT2D eigenvalue weighted by Crippen LogP contribution is 2.28. The molecule has 3 aromatic rings. The lowest BCUT2D eigenvalue weighted by atomic mass is 10.2. The van der Waals surface area contributed by atoms with Gasteiger partial charge in [-0.05, 0) is 24.3 Å². The van der Waals surface area contributed by atoms with Gasteiger partial charge in [0.05, 0.1) is 0 Å². The Morgan fingerprint density at radius 1 is 1.08 bits per heavy atom. The van der Waals surface area contributed by atoms with Crippen molar-refractivity contribution in [1.82, 2.24) is 14.8 Å². The molecule has 0 radical (unpaired) electrons. The van der Waals surface area contributed by atoms with Gasteiger partial charge < -0.3 is 5.73 Å². The van der Waals surface area contributed by atoms with E-state index in [1.807, 2.05) is 34.9 Å². The van der Waals surface area contributed by atoms with Gasteiger partial charge in [-0.15, -0.1) is 10.2 Å². The lowest BCUT2D eigenvalue weighted by Gasteiger charge is -2.10. The third kappa shape index (κ3) is 3.62. The predicted octanol–water partition coefficient (Wildman–Crippen LogP) is 3.04. The number of aromatic nitrogens is 3. The van der Waals surface area contributed by atoms with Crippen molar-refractivity contribution in [2.24, 2.45) is 5.73 Å². The normalized spacial score (nSPS) is 10.7. The van der Waals surface area contributed by atoms with Crippen molar-refractivity contribution in [3.8, 4) is 17.1 Å². The fourth-order valence-electron chi connectivity index (χ4n) is 2.20. The van der Waals surface area contributed by atoms with Gasteiger partial charge in [-0.25, -0.2) is 4.39 Å². The van der Waals surface area contributed by atoms with Crippen LogP contribution in [0.1, 0.15) is 6.42 Å². The quantitative estimate of drug-likeness (QED) is 0.699. The summed E-state index contributed by atoms with van der Waals surface area (Å²) in [6.07, 6.45) is 0.252. The van der Waals surface area contributed by atoms with E-state index in [9.17, 15) is 9.18 Å². The van der Waals surface area contributed by atoms with Crippen LogP contribution in [0, 0.1) is 5.82 Å². The number of rotatable bonds is 6. The Kier molecular flexibility index (Phi) is 4.90. The highest BCUT2D eigenvalue weighted by molar-refractivity contribution is 7.99. The van der Waals surface area contributed by atoms with Crippen LogP contribution in [0.4, 0.5) is 4.39 Å². The minimum atomic E-state index is -0.362. The average Bonchev–Trinajstić information content (AvgIpc) is 3.00. The number of benzene rings is 2. The number of primary amides is 1. The minimum absolute atomic E-state index is 0.252. The smallest absolute Gasteiger partial charge is 0.218 e. The van der Waals surface area contributed by atoms with Crippen LogP contribution >= 0.6 is 11.8 Å². The Morgan fingerprint density at radius 2 is 1.79 bits per heavy atom. The summed E-state index contributed by atoms with van der Waals surface area (Å²) in [5.74, 6) is 0.488. The molecule has 1 amide bonds. The second-order valence-electron chi connectivity index (χ2n) is 5.05. The molecule has 0 aliphatic heterocycles. The van der Waals surface area contributed by atoms with E-state index in [4.69, 9.17) is 5.73 Å². The van der Waals surface area contributed by atoms with E-state index in [0.29, 0.717) is 16.7 Å². The molecule has 0 aliphatic rings. The standard InChI is InChI=1S/C17H15FN4OS/c18-13-6-8-14(9-7-13)22-16(12-4-2-1-3-5-12)20-21-17(22)24-11-10-15(19)23/h1-9H,10-11H2,(H2,19,23). The first-order chi connectivity index (χ1) is 11.6. The molecule has 0 bridgehead atoms. The molecule has 1 heterocycles. The molecular weight excluding hydrogens is 327 g/mol. The van der Waals surface area contributed by atoms with E-state index in [0.717, 1.165) is 11.3 Å². The van der Waals surface area contributed by atoms with Gasteiger partial charge in [0, 0.05) is 23.4 Å². The first-order valence-corrected chi connectivity index (χ1v) is 8.31. The fraction of sp³-hybridized carbons (Fsp3) is 0.118. The van der Waals surface area contributed by atoms with Crippen LogP contribution in [0.2, 0.25) is 0 Å². The van der Waals surface area contributed by atoms with Gasteiger partial charge in [0.2, 0.25) is 5.91 Å². The number of hydrogen-bond donors (Lipinski definition) is 1. The molecule has 0 aliphatic carbocycles. The molecule has 0 saturated heterocycles. The summed E-state index contributed by atoms with van der Waals surface area (Å²) >= 11 is 1.38. The molecule has 7 heteroatoms. The van der Waals surface area contributed by atoms with Crippen molar-refractivity contribution < 1.29 is 9.18 Å². The monoisotopic (exact) mass is 342 g/mol. The van der Waals surface area contributed by atoms with E-state index in [-0.39, 0.29) is 18.1 Å². The van der Waals surface area contributed by atoms with E-state index in [1.165, 1.54) is 23.9 Å². The van der Waals surface area contributed by atoms with Gasteiger partial charge in [-0.2, -0.15) is 0 Å². The Morgan fingerprint density at radius 3 is 2.46 bits per heavy atom. The van der Waals surface area contributed by atoms with Gasteiger partial charge in [0.25, 0.3) is 0 Å². The number of nitrogens with zero attached hydrogens (tertiary/aromatic N) is 3. The molecule has 1 aromatic heterocycles. The van der Waals surface area contributed by atoms with Crippen molar-refractivity contribution in [2.45, 2.75) is 11.6 Å². The maximum absolute atomic E-state index is 13.2. The van der Waals surface area contributed by atoms with Crippen LogP contribution < -0.4 is 5.73 Å². The van der Waals surface area contributed by atoms with Crippen LogP contribution in [0.5, 0.6) is 0 Å². The van der Waals surface area contributed by atoms with Crippen molar-refractivity contribution in [3.05, 3.63) is 60.4 Å². The lowest BCUT2D eigenvalue weighted by molar-refractivity contribution is -0.117. The molecule has 2 N–H and O–H groups in total. The Bertz CT molecular complexity index is 834. The number of nitrogens with two attached hydrogens (primary N) is 1. The highest BCUT2D eigenvalue weighted by Gasteiger charge is 2.16. The molecule has 3 rings (SSSR count). The maximum atomic E-state index is 13.2. The second kappa shape index (κ2) is 7.27. The van der Waals surface area contributed by atoms with Crippen LogP contribution in [0.25, 0.3) is 17.1 Å². The molecule has 0 unspecified atom stereocenters. The van der Waals surface area contributed by atoms with E-state index in [2.05, 4.69) is 10.2 Å². The summed E-state index contributed by atoms with van der Waals surface area (Å²) in [5.41, 5.74) is 6.83. The molecule has 0 spiro atoms. The summed E-state index contributed by atoms with van der Waals surface area (Å²) < 4.78 is 15.1. The number of halogens is 1. The zero-order valence-corrected chi connectivity index (χ0v) is 13.5. The van der Waals surface area contributed by atoms with Gasteiger partial charge >= 0.3 is 0 Å². The van der Waals surface area contributed by atoms with E-state index < -0.39 is 0 Å². The molecular formula is C17H15FN4OS. The largest absolute Gasteiger partial charge is 0.370 e. The zero-order valence-electron chi connectivity index (χ0n) is 12.7. The van der Waals surface area contributed by atoms with Crippen molar-refractivity contribution in [3.63, 3.8) is 0 Å². The predicted molar refractivity (Wildman–Crippen MR) is 91.3 cm³/mol. The number of carbonyl (C=O) groups excluding carboxylic acids is 1. The number of carbonyl (C=O) groups is 1. The summed E-state index contributed by atoms with van der Waals surface area (Å²) in [6.45, 7) is 0. The SMILES string of the molecule is NC(=O)CCSc1nnc(-c2ccccc2)n1-c1ccc(F)cc1.